The molecule has 0 atom stereocenters. The van der Waals surface area contributed by atoms with E-state index in [1.54, 1.807) is 36.5 Å². The minimum Gasteiger partial charge on any atom is -0.478 e. The van der Waals surface area contributed by atoms with Crippen LogP contribution in [0, 0.1) is 6.92 Å². The molecule has 1 heterocycles. The van der Waals surface area contributed by atoms with Gasteiger partial charge in [0.15, 0.2) is 0 Å². The number of aromatic carboxylic acids is 1. The Kier molecular flexibility index (Phi) is 4.88. The van der Waals surface area contributed by atoms with Crippen molar-refractivity contribution in [2.45, 2.75) is 20.3 Å². The van der Waals surface area contributed by atoms with Crippen molar-refractivity contribution in [2.75, 3.05) is 11.4 Å². The number of carbonyl (C=O) groups excluding carboxylic acids is 1. The van der Waals surface area contributed by atoms with Gasteiger partial charge in [-0.3, -0.25) is 9.78 Å². The Hall–Kier alpha value is -2.69. The summed E-state index contributed by atoms with van der Waals surface area (Å²) in [6.07, 6.45) is 3.80. The van der Waals surface area contributed by atoms with Crippen molar-refractivity contribution in [3.05, 3.63) is 59.4 Å². The van der Waals surface area contributed by atoms with Crippen LogP contribution < -0.4 is 4.90 Å². The quantitative estimate of drug-likeness (QED) is 0.920. The fraction of sp³-hybridized carbons (Fsp3) is 0.235. The number of anilines is 1. The van der Waals surface area contributed by atoms with Crippen molar-refractivity contribution >= 4 is 17.6 Å². The first-order chi connectivity index (χ1) is 10.5. The average molecular weight is 298 g/mol. The van der Waals surface area contributed by atoms with Gasteiger partial charge in [0, 0.05) is 18.9 Å². The average Bonchev–Trinajstić information content (AvgIpc) is 2.53. The minimum absolute atomic E-state index is 0.130. The number of carboxylic acid groups (broad SMARTS) is 1. The lowest BCUT2D eigenvalue weighted by Gasteiger charge is -2.24. The first-order valence-electron chi connectivity index (χ1n) is 7.10. The molecule has 0 fully saturated rings. The van der Waals surface area contributed by atoms with Crippen LogP contribution in [-0.2, 0) is 0 Å². The highest BCUT2D eigenvalue weighted by Crippen LogP contribution is 2.24. The number of aromatic nitrogens is 1. The number of carbonyl (C=O) groups is 2. The molecule has 0 saturated heterocycles. The number of rotatable bonds is 5. The van der Waals surface area contributed by atoms with Gasteiger partial charge in [-0.2, -0.15) is 0 Å². The van der Waals surface area contributed by atoms with E-state index < -0.39 is 5.97 Å². The van der Waals surface area contributed by atoms with Crippen molar-refractivity contribution in [2.24, 2.45) is 0 Å². The van der Waals surface area contributed by atoms with Crippen molar-refractivity contribution in [3.8, 4) is 0 Å². The van der Waals surface area contributed by atoms with E-state index in [1.165, 1.54) is 11.1 Å². The Labute approximate surface area is 129 Å². The summed E-state index contributed by atoms with van der Waals surface area (Å²) >= 11 is 0. The topological polar surface area (TPSA) is 70.5 Å². The summed E-state index contributed by atoms with van der Waals surface area (Å²) in [5.41, 5.74) is 1.82. The van der Waals surface area contributed by atoms with E-state index in [9.17, 15) is 14.7 Å². The molecule has 0 aliphatic carbocycles. The van der Waals surface area contributed by atoms with E-state index in [4.69, 9.17) is 0 Å². The monoisotopic (exact) mass is 298 g/mol. The molecule has 0 bridgehead atoms. The van der Waals surface area contributed by atoms with Gasteiger partial charge in [0.1, 0.15) is 0 Å². The molecule has 2 aromatic rings. The van der Waals surface area contributed by atoms with E-state index in [0.29, 0.717) is 17.8 Å². The van der Waals surface area contributed by atoms with Gasteiger partial charge >= 0.3 is 5.97 Å². The van der Waals surface area contributed by atoms with Crippen LogP contribution in [0.3, 0.4) is 0 Å². The molecule has 22 heavy (non-hydrogen) atoms. The SMILES string of the molecule is CCCN(C(=O)c1cccnc1)c1ccc(C)cc1C(=O)O. The highest BCUT2D eigenvalue weighted by atomic mass is 16.4. The van der Waals surface area contributed by atoms with Crippen LogP contribution >= 0.6 is 0 Å². The van der Waals surface area contributed by atoms with E-state index in [1.807, 2.05) is 13.8 Å². The lowest BCUT2D eigenvalue weighted by atomic mass is 10.1. The molecule has 1 aromatic carbocycles. The molecule has 0 spiro atoms. The van der Waals surface area contributed by atoms with E-state index in [0.717, 1.165) is 12.0 Å². The van der Waals surface area contributed by atoms with Crippen LogP contribution in [0.1, 0.15) is 39.6 Å². The van der Waals surface area contributed by atoms with E-state index in [2.05, 4.69) is 4.98 Å². The molecule has 0 aliphatic heterocycles. The second-order valence-electron chi connectivity index (χ2n) is 5.02. The lowest BCUT2D eigenvalue weighted by molar-refractivity contribution is 0.0697. The maximum atomic E-state index is 12.7. The number of hydrogen-bond donors (Lipinski definition) is 1. The molecular weight excluding hydrogens is 280 g/mol. The van der Waals surface area contributed by atoms with Crippen LogP contribution in [0.2, 0.25) is 0 Å². The summed E-state index contributed by atoms with van der Waals surface area (Å²) in [5.74, 6) is -1.29. The second kappa shape index (κ2) is 6.85. The highest BCUT2D eigenvalue weighted by Gasteiger charge is 2.22. The molecule has 0 aliphatic rings. The molecule has 1 amide bonds. The molecular formula is C17H18N2O3. The van der Waals surface area contributed by atoms with Gasteiger partial charge in [-0.1, -0.05) is 18.6 Å². The van der Waals surface area contributed by atoms with Crippen molar-refractivity contribution in [3.63, 3.8) is 0 Å². The number of benzene rings is 1. The third-order valence-electron chi connectivity index (χ3n) is 3.27. The van der Waals surface area contributed by atoms with Crippen molar-refractivity contribution < 1.29 is 14.7 Å². The Balaban J connectivity index is 2.49. The van der Waals surface area contributed by atoms with Crippen LogP contribution in [0.25, 0.3) is 0 Å². The predicted molar refractivity (Wildman–Crippen MR) is 84.3 cm³/mol. The summed E-state index contributed by atoms with van der Waals surface area (Å²) in [4.78, 5) is 29.6. The van der Waals surface area contributed by atoms with Gasteiger partial charge in [0.05, 0.1) is 16.8 Å². The summed E-state index contributed by atoms with van der Waals surface area (Å²) in [6.45, 7) is 4.21. The fourth-order valence-corrected chi connectivity index (χ4v) is 2.26. The molecule has 2 rings (SSSR count). The van der Waals surface area contributed by atoms with Gasteiger partial charge < -0.3 is 10.0 Å². The van der Waals surface area contributed by atoms with E-state index >= 15 is 0 Å². The van der Waals surface area contributed by atoms with Gasteiger partial charge in [0.25, 0.3) is 5.91 Å². The lowest BCUT2D eigenvalue weighted by Crippen LogP contribution is -2.33. The predicted octanol–water partition coefficient (Wildman–Crippen LogP) is 3.15. The second-order valence-corrected chi connectivity index (χ2v) is 5.02. The standard InChI is InChI=1S/C17H18N2O3/c1-3-9-19(16(20)13-5-4-8-18-11-13)15-7-6-12(2)10-14(15)17(21)22/h4-8,10-11H,3,9H2,1-2H3,(H,21,22). The third kappa shape index (κ3) is 3.31. The number of hydrogen-bond acceptors (Lipinski definition) is 3. The van der Waals surface area contributed by atoms with Crippen LogP contribution in [0.5, 0.6) is 0 Å². The van der Waals surface area contributed by atoms with Gasteiger partial charge in [0.2, 0.25) is 0 Å². The summed E-state index contributed by atoms with van der Waals surface area (Å²) in [6, 6.07) is 8.43. The van der Waals surface area contributed by atoms with Crippen LogP contribution in [0.4, 0.5) is 5.69 Å². The largest absolute Gasteiger partial charge is 0.478 e. The summed E-state index contributed by atoms with van der Waals surface area (Å²) in [5, 5.41) is 9.41. The van der Waals surface area contributed by atoms with Crippen molar-refractivity contribution in [1.29, 1.82) is 0 Å². The molecule has 0 unspecified atom stereocenters. The normalized spacial score (nSPS) is 10.3. The highest BCUT2D eigenvalue weighted by molar-refractivity contribution is 6.09. The molecule has 1 N–H and O–H groups in total. The smallest absolute Gasteiger partial charge is 0.337 e. The molecule has 0 saturated carbocycles. The maximum Gasteiger partial charge on any atom is 0.337 e. The molecule has 5 nitrogen and oxygen atoms in total. The Morgan fingerprint density at radius 2 is 2.05 bits per heavy atom. The first-order valence-corrected chi connectivity index (χ1v) is 7.10. The van der Waals surface area contributed by atoms with Crippen LogP contribution in [0.15, 0.2) is 42.7 Å². The molecule has 1 aromatic heterocycles. The van der Waals surface area contributed by atoms with Gasteiger partial charge in [-0.05, 0) is 37.6 Å². The Morgan fingerprint density at radius 3 is 2.64 bits per heavy atom. The summed E-state index contributed by atoms with van der Waals surface area (Å²) < 4.78 is 0. The number of nitrogens with zero attached hydrogens (tertiary/aromatic N) is 2. The Morgan fingerprint density at radius 1 is 1.27 bits per heavy atom. The zero-order chi connectivity index (χ0) is 16.1. The number of aryl methyl sites for hydroxylation is 1. The number of amides is 1. The van der Waals surface area contributed by atoms with Gasteiger partial charge in [-0.25, -0.2) is 4.79 Å². The Bertz CT molecular complexity index is 684. The maximum absolute atomic E-state index is 12.7. The minimum atomic E-state index is -1.04. The fourth-order valence-electron chi connectivity index (χ4n) is 2.26. The van der Waals surface area contributed by atoms with Crippen molar-refractivity contribution in [1.82, 2.24) is 4.98 Å². The van der Waals surface area contributed by atoms with Gasteiger partial charge in [-0.15, -0.1) is 0 Å². The zero-order valence-corrected chi connectivity index (χ0v) is 12.6. The zero-order valence-electron chi connectivity index (χ0n) is 12.6. The first kappa shape index (κ1) is 15.7. The molecule has 0 radical (unpaired) electrons. The molecule has 5 heteroatoms. The summed E-state index contributed by atoms with van der Waals surface area (Å²) in [7, 11) is 0. The third-order valence-corrected chi connectivity index (χ3v) is 3.27. The van der Waals surface area contributed by atoms with E-state index in [-0.39, 0.29) is 11.5 Å². The number of pyridine rings is 1. The van der Waals surface area contributed by atoms with Crippen LogP contribution in [-0.4, -0.2) is 28.5 Å². The number of carboxylic acids is 1. The molecule has 114 valence electrons.